The van der Waals surface area contributed by atoms with Gasteiger partial charge in [-0.1, -0.05) is 0 Å². The van der Waals surface area contributed by atoms with Gasteiger partial charge in [-0.2, -0.15) is 0 Å². The zero-order valence-corrected chi connectivity index (χ0v) is 10.8. The molecule has 0 aliphatic heterocycles. The van der Waals surface area contributed by atoms with Crippen LogP contribution in [0.5, 0.6) is 0 Å². The summed E-state index contributed by atoms with van der Waals surface area (Å²) in [6.45, 7) is 2.00. The minimum absolute atomic E-state index is 0.00975. The largest absolute Gasteiger partial charge is 0.466 e. The maximum atomic E-state index is 11.9. The molecule has 5 heteroatoms. The molecule has 0 saturated heterocycles. The summed E-state index contributed by atoms with van der Waals surface area (Å²) in [5.74, 6) is -1.52. The van der Waals surface area contributed by atoms with Crippen molar-refractivity contribution < 1.29 is 23.5 Å². The van der Waals surface area contributed by atoms with Crippen molar-refractivity contribution in [3.63, 3.8) is 0 Å². The first kappa shape index (κ1) is 13.5. The molecule has 2 rings (SSSR count). The van der Waals surface area contributed by atoms with E-state index in [1.807, 2.05) is 0 Å². The molecule has 0 N–H and O–H groups in total. The number of esters is 1. The maximum Gasteiger partial charge on any atom is 0.309 e. The Bertz CT molecular complexity index is 474. The molecule has 1 aliphatic carbocycles. The topological polar surface area (TPSA) is 73.6 Å². The first-order valence-corrected chi connectivity index (χ1v) is 6.39. The summed E-state index contributed by atoms with van der Waals surface area (Å²) in [7, 11) is 0. The van der Waals surface area contributed by atoms with Crippen LogP contribution in [0.15, 0.2) is 22.8 Å². The van der Waals surface area contributed by atoms with Crippen molar-refractivity contribution in [2.24, 2.45) is 11.8 Å². The predicted molar refractivity (Wildman–Crippen MR) is 65.5 cm³/mol. The van der Waals surface area contributed by atoms with Crippen molar-refractivity contribution in [3.8, 4) is 0 Å². The lowest BCUT2D eigenvalue weighted by Crippen LogP contribution is -2.26. The predicted octanol–water partition coefficient (Wildman–Crippen LogP) is 2.01. The highest BCUT2D eigenvalue weighted by molar-refractivity contribution is 5.99. The quantitative estimate of drug-likeness (QED) is 0.600. The maximum absolute atomic E-state index is 11.9. The first-order chi connectivity index (χ1) is 9.13. The van der Waals surface area contributed by atoms with Crippen molar-refractivity contribution in [1.82, 2.24) is 0 Å². The SMILES string of the molecule is CCOC(=O)[C@@H]1CCC(=O)[C@@H]1CC(=O)c1ccco1. The Morgan fingerprint density at radius 3 is 2.89 bits per heavy atom. The molecule has 1 aromatic heterocycles. The van der Waals surface area contributed by atoms with Crippen LogP contribution < -0.4 is 0 Å². The van der Waals surface area contributed by atoms with Gasteiger partial charge < -0.3 is 9.15 Å². The molecule has 5 nitrogen and oxygen atoms in total. The van der Waals surface area contributed by atoms with E-state index in [2.05, 4.69) is 0 Å². The highest BCUT2D eigenvalue weighted by Crippen LogP contribution is 2.33. The van der Waals surface area contributed by atoms with E-state index in [1.54, 1.807) is 19.1 Å². The Balaban J connectivity index is 2.06. The van der Waals surface area contributed by atoms with Crippen molar-refractivity contribution >= 4 is 17.5 Å². The van der Waals surface area contributed by atoms with E-state index < -0.39 is 11.8 Å². The molecule has 0 unspecified atom stereocenters. The number of hydrogen-bond donors (Lipinski definition) is 0. The molecule has 0 bridgehead atoms. The fourth-order valence-electron chi connectivity index (χ4n) is 2.43. The molecule has 0 spiro atoms. The summed E-state index contributed by atoms with van der Waals surface area (Å²) < 4.78 is 9.96. The third kappa shape index (κ3) is 2.92. The minimum Gasteiger partial charge on any atom is -0.466 e. The number of ketones is 2. The molecule has 1 fully saturated rings. The van der Waals surface area contributed by atoms with E-state index in [-0.39, 0.29) is 36.3 Å². The van der Waals surface area contributed by atoms with Crippen LogP contribution in [0.25, 0.3) is 0 Å². The number of carbonyl (C=O) groups is 3. The molecule has 1 aromatic rings. The van der Waals surface area contributed by atoms with Gasteiger partial charge in [-0.15, -0.1) is 0 Å². The van der Waals surface area contributed by atoms with Gasteiger partial charge in [0.05, 0.1) is 18.8 Å². The van der Waals surface area contributed by atoms with Crippen molar-refractivity contribution in [1.29, 1.82) is 0 Å². The molecule has 1 aliphatic rings. The molecule has 0 aromatic carbocycles. The second kappa shape index (κ2) is 5.82. The number of rotatable bonds is 5. The lowest BCUT2D eigenvalue weighted by molar-refractivity contribution is -0.150. The van der Waals surface area contributed by atoms with Crippen molar-refractivity contribution in [3.05, 3.63) is 24.2 Å². The van der Waals surface area contributed by atoms with E-state index in [9.17, 15) is 14.4 Å². The van der Waals surface area contributed by atoms with Crippen LogP contribution in [0.4, 0.5) is 0 Å². The summed E-state index contributed by atoms with van der Waals surface area (Å²) in [4.78, 5) is 35.5. The normalized spacial score (nSPS) is 22.5. The molecule has 0 radical (unpaired) electrons. The molecule has 0 amide bonds. The summed E-state index contributed by atoms with van der Waals surface area (Å²) in [5.41, 5.74) is 0. The van der Waals surface area contributed by atoms with Gasteiger partial charge in [0, 0.05) is 18.8 Å². The van der Waals surface area contributed by atoms with Crippen LogP contribution in [-0.2, 0) is 14.3 Å². The number of Topliss-reactive ketones (excluding diaryl/α,β-unsaturated/α-hetero) is 2. The van der Waals surface area contributed by atoms with Gasteiger partial charge in [-0.25, -0.2) is 0 Å². The van der Waals surface area contributed by atoms with E-state index >= 15 is 0 Å². The third-order valence-corrected chi connectivity index (χ3v) is 3.39. The van der Waals surface area contributed by atoms with Gasteiger partial charge in [-0.05, 0) is 25.5 Å². The molecule has 102 valence electrons. The van der Waals surface area contributed by atoms with Gasteiger partial charge in [-0.3, -0.25) is 14.4 Å². The molecule has 1 heterocycles. The first-order valence-electron chi connectivity index (χ1n) is 6.39. The summed E-state index contributed by atoms with van der Waals surface area (Å²) in [6, 6.07) is 3.17. The molecular weight excluding hydrogens is 248 g/mol. The molecule has 1 saturated carbocycles. The molecular formula is C14H16O5. The fraction of sp³-hybridized carbons (Fsp3) is 0.500. The van der Waals surface area contributed by atoms with Crippen LogP contribution >= 0.6 is 0 Å². The summed E-state index contributed by atoms with van der Waals surface area (Å²) >= 11 is 0. The number of carbonyl (C=O) groups excluding carboxylic acids is 3. The van der Waals surface area contributed by atoms with E-state index in [1.165, 1.54) is 6.26 Å². The highest BCUT2D eigenvalue weighted by Gasteiger charge is 2.41. The Morgan fingerprint density at radius 2 is 2.26 bits per heavy atom. The minimum atomic E-state index is -0.573. The van der Waals surface area contributed by atoms with Gasteiger partial charge in [0.1, 0.15) is 5.78 Å². The molecule has 19 heavy (non-hydrogen) atoms. The van der Waals surface area contributed by atoms with Crippen molar-refractivity contribution in [2.75, 3.05) is 6.61 Å². The van der Waals surface area contributed by atoms with Crippen LogP contribution in [0.3, 0.4) is 0 Å². The summed E-state index contributed by atoms with van der Waals surface area (Å²) in [6.07, 6.45) is 2.22. The average Bonchev–Trinajstić information content (AvgIpc) is 3.01. The fourth-order valence-corrected chi connectivity index (χ4v) is 2.43. The second-order valence-corrected chi connectivity index (χ2v) is 4.57. The Morgan fingerprint density at radius 1 is 1.47 bits per heavy atom. The van der Waals surface area contributed by atoms with Crippen LogP contribution in [-0.4, -0.2) is 24.1 Å². The standard InChI is InChI=1S/C14H16O5/c1-2-18-14(17)9-5-6-11(15)10(9)8-12(16)13-4-3-7-19-13/h3-4,7,9-10H,2,5-6,8H2,1H3/t9-,10-/m1/s1. The molecule has 2 atom stereocenters. The zero-order valence-electron chi connectivity index (χ0n) is 10.8. The van der Waals surface area contributed by atoms with E-state index in [4.69, 9.17) is 9.15 Å². The van der Waals surface area contributed by atoms with Crippen LogP contribution in [0.1, 0.15) is 36.7 Å². The van der Waals surface area contributed by atoms with Gasteiger partial charge in [0.25, 0.3) is 0 Å². The monoisotopic (exact) mass is 264 g/mol. The summed E-state index contributed by atoms with van der Waals surface area (Å²) in [5, 5.41) is 0. The second-order valence-electron chi connectivity index (χ2n) is 4.57. The van der Waals surface area contributed by atoms with E-state index in [0.717, 1.165) is 0 Å². The lowest BCUT2D eigenvalue weighted by Gasteiger charge is -2.15. The van der Waals surface area contributed by atoms with E-state index in [0.29, 0.717) is 12.8 Å². The van der Waals surface area contributed by atoms with Gasteiger partial charge in [0.15, 0.2) is 11.5 Å². The smallest absolute Gasteiger partial charge is 0.309 e. The zero-order chi connectivity index (χ0) is 13.8. The van der Waals surface area contributed by atoms with Crippen molar-refractivity contribution in [2.45, 2.75) is 26.2 Å². The van der Waals surface area contributed by atoms with Crippen LogP contribution in [0.2, 0.25) is 0 Å². The number of furan rings is 1. The van der Waals surface area contributed by atoms with Gasteiger partial charge >= 0.3 is 5.97 Å². The Hall–Kier alpha value is -1.91. The lowest BCUT2D eigenvalue weighted by atomic mass is 9.90. The van der Waals surface area contributed by atoms with Crippen LogP contribution in [0, 0.1) is 11.8 Å². The number of hydrogen-bond acceptors (Lipinski definition) is 5. The Labute approximate surface area is 110 Å². The Kier molecular flexibility index (Phi) is 4.14. The van der Waals surface area contributed by atoms with Gasteiger partial charge in [0.2, 0.25) is 0 Å². The third-order valence-electron chi connectivity index (χ3n) is 3.39. The highest BCUT2D eigenvalue weighted by atomic mass is 16.5. The number of ether oxygens (including phenoxy) is 1. The average molecular weight is 264 g/mol.